The minimum absolute atomic E-state index is 0.0846. The van der Waals surface area contributed by atoms with Crippen LogP contribution in [0.4, 0.5) is 0 Å². The van der Waals surface area contributed by atoms with Crippen LogP contribution in [0, 0.1) is 0 Å². The molecule has 1 fully saturated rings. The van der Waals surface area contributed by atoms with Gasteiger partial charge >= 0.3 is 0 Å². The third kappa shape index (κ3) is 4.32. The summed E-state index contributed by atoms with van der Waals surface area (Å²) in [6.45, 7) is 6.77. The number of hydrogen-bond donors (Lipinski definition) is 1. The Labute approximate surface area is 169 Å². The van der Waals surface area contributed by atoms with Gasteiger partial charge in [-0.05, 0) is 30.3 Å². The van der Waals surface area contributed by atoms with Crippen LogP contribution in [0.15, 0.2) is 36.7 Å². The van der Waals surface area contributed by atoms with E-state index in [-0.39, 0.29) is 18.6 Å². The molecule has 1 N–H and O–H groups in total. The molecule has 0 bridgehead atoms. The van der Waals surface area contributed by atoms with Gasteiger partial charge in [-0.2, -0.15) is 0 Å². The molecule has 0 unspecified atom stereocenters. The van der Waals surface area contributed by atoms with Crippen LogP contribution in [0.3, 0.4) is 0 Å². The number of piperazine rings is 1. The van der Waals surface area contributed by atoms with Gasteiger partial charge in [0.2, 0.25) is 6.79 Å². The lowest BCUT2D eigenvalue weighted by Gasteiger charge is -2.34. The number of benzene rings is 1. The van der Waals surface area contributed by atoms with E-state index in [1.807, 2.05) is 23.1 Å². The average Bonchev–Trinajstić information content (AvgIpc) is 3.25. The lowest BCUT2D eigenvalue weighted by atomic mass is 10.1. The molecule has 4 rings (SSSR count). The Morgan fingerprint density at radius 1 is 1.03 bits per heavy atom. The number of nitrogens with zero attached hydrogens (tertiary/aromatic N) is 3. The molecule has 2 amide bonds. The zero-order chi connectivity index (χ0) is 20.2. The topological polar surface area (TPSA) is 84.0 Å². The van der Waals surface area contributed by atoms with Crippen LogP contribution in [-0.4, -0.2) is 66.1 Å². The lowest BCUT2D eigenvalue weighted by molar-refractivity contribution is 0.0643. The van der Waals surface area contributed by atoms with Crippen molar-refractivity contribution in [2.45, 2.75) is 13.5 Å². The van der Waals surface area contributed by atoms with Crippen molar-refractivity contribution in [3.63, 3.8) is 0 Å². The summed E-state index contributed by atoms with van der Waals surface area (Å²) in [6.07, 6.45) is 2.99. The van der Waals surface area contributed by atoms with Crippen molar-refractivity contribution in [2.24, 2.45) is 0 Å². The van der Waals surface area contributed by atoms with Crippen LogP contribution in [0.1, 0.15) is 33.2 Å². The third-order valence-corrected chi connectivity index (χ3v) is 5.24. The predicted octanol–water partition coefficient (Wildman–Crippen LogP) is 1.52. The number of aromatic nitrogens is 1. The predicted molar refractivity (Wildman–Crippen MR) is 106 cm³/mol. The molecule has 0 atom stereocenters. The van der Waals surface area contributed by atoms with Gasteiger partial charge in [-0.25, -0.2) is 0 Å². The third-order valence-electron chi connectivity index (χ3n) is 5.24. The molecule has 0 aliphatic carbocycles. The summed E-state index contributed by atoms with van der Waals surface area (Å²) in [5.41, 5.74) is 1.70. The molecule has 3 heterocycles. The molecule has 1 aromatic heterocycles. The Balaban J connectivity index is 1.37. The summed E-state index contributed by atoms with van der Waals surface area (Å²) in [7, 11) is 0. The summed E-state index contributed by atoms with van der Waals surface area (Å²) >= 11 is 0. The van der Waals surface area contributed by atoms with Crippen LogP contribution in [0.2, 0.25) is 0 Å². The maximum atomic E-state index is 12.8. The zero-order valence-corrected chi connectivity index (χ0v) is 16.4. The van der Waals surface area contributed by atoms with E-state index >= 15 is 0 Å². The van der Waals surface area contributed by atoms with Gasteiger partial charge in [-0.1, -0.05) is 13.0 Å². The SMILES string of the molecule is CCN1CCN(C(=O)c2cncc(C(=O)NCc3ccc4c(c3)OCO4)c2)CC1. The maximum absolute atomic E-state index is 12.8. The van der Waals surface area contributed by atoms with Gasteiger partial charge in [0, 0.05) is 45.1 Å². The van der Waals surface area contributed by atoms with Gasteiger partial charge in [0.1, 0.15) is 0 Å². The molecule has 1 saturated heterocycles. The summed E-state index contributed by atoms with van der Waals surface area (Å²) in [4.78, 5) is 33.5. The zero-order valence-electron chi connectivity index (χ0n) is 16.4. The first-order chi connectivity index (χ1) is 14.1. The summed E-state index contributed by atoms with van der Waals surface area (Å²) in [6, 6.07) is 7.15. The molecule has 2 aliphatic heterocycles. The highest BCUT2D eigenvalue weighted by atomic mass is 16.7. The first kappa shape index (κ1) is 19.2. The lowest BCUT2D eigenvalue weighted by Crippen LogP contribution is -2.48. The van der Waals surface area contributed by atoms with Crippen molar-refractivity contribution < 1.29 is 19.1 Å². The number of ether oxygens (including phenoxy) is 2. The number of nitrogens with one attached hydrogen (secondary N) is 1. The second-order valence-electron chi connectivity index (χ2n) is 7.06. The van der Waals surface area contributed by atoms with E-state index in [1.54, 1.807) is 6.07 Å². The summed E-state index contributed by atoms with van der Waals surface area (Å²) < 4.78 is 10.6. The van der Waals surface area contributed by atoms with Gasteiger partial charge in [-0.15, -0.1) is 0 Å². The molecule has 29 heavy (non-hydrogen) atoms. The van der Waals surface area contributed by atoms with Crippen LogP contribution < -0.4 is 14.8 Å². The molecule has 0 saturated carbocycles. The number of hydrogen-bond acceptors (Lipinski definition) is 6. The van der Waals surface area contributed by atoms with Crippen LogP contribution in [0.5, 0.6) is 11.5 Å². The van der Waals surface area contributed by atoms with Crippen molar-refractivity contribution in [3.05, 3.63) is 53.3 Å². The molecule has 8 heteroatoms. The van der Waals surface area contributed by atoms with Gasteiger partial charge in [-0.3, -0.25) is 14.6 Å². The minimum Gasteiger partial charge on any atom is -0.454 e. The fourth-order valence-corrected chi connectivity index (χ4v) is 3.47. The number of carbonyl (C=O) groups excluding carboxylic acids is 2. The average molecular weight is 396 g/mol. The van der Waals surface area contributed by atoms with Crippen molar-refractivity contribution in [2.75, 3.05) is 39.5 Å². The Morgan fingerprint density at radius 2 is 1.79 bits per heavy atom. The fraction of sp³-hybridized carbons (Fsp3) is 0.381. The molecule has 0 spiro atoms. The van der Waals surface area contributed by atoms with E-state index in [1.165, 1.54) is 12.4 Å². The summed E-state index contributed by atoms with van der Waals surface area (Å²) in [5.74, 6) is 1.02. The number of amides is 2. The first-order valence-electron chi connectivity index (χ1n) is 9.77. The molecular formula is C21H24N4O4. The quantitative estimate of drug-likeness (QED) is 0.825. The Hall–Kier alpha value is -3.13. The molecule has 1 aromatic carbocycles. The van der Waals surface area contributed by atoms with E-state index in [0.717, 1.165) is 25.2 Å². The standard InChI is InChI=1S/C21H24N4O4/c1-2-24-5-7-25(8-6-24)21(27)17-10-16(12-22-13-17)20(26)23-11-15-3-4-18-19(9-15)29-14-28-18/h3-4,9-10,12-13H,2,5-8,11,14H2,1H3,(H,23,26). The second-order valence-corrected chi connectivity index (χ2v) is 7.06. The number of rotatable bonds is 5. The number of carbonyl (C=O) groups is 2. The van der Waals surface area contributed by atoms with Crippen LogP contribution in [-0.2, 0) is 6.54 Å². The van der Waals surface area contributed by atoms with E-state index in [2.05, 4.69) is 22.1 Å². The van der Waals surface area contributed by atoms with Gasteiger partial charge < -0.3 is 24.6 Å². The molecule has 152 valence electrons. The molecular weight excluding hydrogens is 372 g/mol. The smallest absolute Gasteiger partial charge is 0.255 e. The van der Waals surface area contributed by atoms with Gasteiger partial charge in [0.05, 0.1) is 11.1 Å². The van der Waals surface area contributed by atoms with Crippen LogP contribution in [0.25, 0.3) is 0 Å². The number of pyridine rings is 1. The van der Waals surface area contributed by atoms with Crippen molar-refractivity contribution in [1.29, 1.82) is 0 Å². The monoisotopic (exact) mass is 396 g/mol. The van der Waals surface area contributed by atoms with E-state index < -0.39 is 0 Å². The normalized spacial score (nSPS) is 16.0. The fourth-order valence-electron chi connectivity index (χ4n) is 3.47. The highest BCUT2D eigenvalue weighted by molar-refractivity contribution is 5.99. The molecule has 8 nitrogen and oxygen atoms in total. The number of likely N-dealkylation sites (N-methyl/N-ethyl adjacent to an activating group) is 1. The van der Waals surface area contributed by atoms with E-state index in [0.29, 0.717) is 42.3 Å². The second kappa shape index (κ2) is 8.48. The maximum Gasteiger partial charge on any atom is 0.255 e. The number of fused-ring (bicyclic) bond motifs is 1. The van der Waals surface area contributed by atoms with Gasteiger partial charge in [0.25, 0.3) is 11.8 Å². The molecule has 0 radical (unpaired) electrons. The summed E-state index contributed by atoms with van der Waals surface area (Å²) in [5, 5.41) is 2.86. The largest absolute Gasteiger partial charge is 0.454 e. The first-order valence-corrected chi connectivity index (χ1v) is 9.77. The molecule has 2 aliphatic rings. The molecule has 2 aromatic rings. The van der Waals surface area contributed by atoms with Gasteiger partial charge in [0.15, 0.2) is 11.5 Å². The van der Waals surface area contributed by atoms with E-state index in [9.17, 15) is 9.59 Å². The Kier molecular flexibility index (Phi) is 5.62. The van der Waals surface area contributed by atoms with Crippen molar-refractivity contribution >= 4 is 11.8 Å². The van der Waals surface area contributed by atoms with E-state index in [4.69, 9.17) is 9.47 Å². The highest BCUT2D eigenvalue weighted by Crippen LogP contribution is 2.32. The van der Waals surface area contributed by atoms with Crippen LogP contribution >= 0.6 is 0 Å². The van der Waals surface area contributed by atoms with Crippen molar-refractivity contribution in [3.8, 4) is 11.5 Å². The Bertz CT molecular complexity index is 909. The Morgan fingerprint density at radius 3 is 2.59 bits per heavy atom. The minimum atomic E-state index is -0.277. The highest BCUT2D eigenvalue weighted by Gasteiger charge is 2.22. The van der Waals surface area contributed by atoms with Crippen molar-refractivity contribution in [1.82, 2.24) is 20.1 Å².